The highest BCUT2D eigenvalue weighted by Gasteiger charge is 2.27. The minimum atomic E-state index is -4.34. The molecule has 2 aromatic rings. The molecule has 0 spiro atoms. The van der Waals surface area contributed by atoms with Crippen molar-refractivity contribution in [2.45, 2.75) is 38.8 Å². The Bertz CT molecular complexity index is 775. The predicted molar refractivity (Wildman–Crippen MR) is 103 cm³/mol. The van der Waals surface area contributed by atoms with Crippen LogP contribution in [0.15, 0.2) is 52.1 Å². The maximum atomic E-state index is 12.2. The molecule has 0 fully saturated rings. The zero-order valence-corrected chi connectivity index (χ0v) is 16.4. The number of guanidine groups is 1. The molecule has 1 aromatic heterocycles. The van der Waals surface area contributed by atoms with Gasteiger partial charge in [0, 0.05) is 6.54 Å². The molecular weight excluding hydrogens is 387 g/mol. The zero-order chi connectivity index (χ0) is 21.3. The number of aliphatic hydroxyl groups is 1. The number of hydrogen-bond donors (Lipinski definition) is 3. The molecule has 0 saturated heterocycles. The van der Waals surface area contributed by atoms with Crippen molar-refractivity contribution in [1.29, 1.82) is 0 Å². The predicted octanol–water partition coefficient (Wildman–Crippen LogP) is 3.32. The summed E-state index contributed by atoms with van der Waals surface area (Å²) in [4.78, 5) is 4.46. The first-order valence-corrected chi connectivity index (χ1v) is 9.20. The van der Waals surface area contributed by atoms with Gasteiger partial charge in [0.2, 0.25) is 0 Å². The third-order valence-electron chi connectivity index (χ3n) is 3.94. The van der Waals surface area contributed by atoms with Crippen LogP contribution in [0.5, 0.6) is 0 Å². The van der Waals surface area contributed by atoms with E-state index in [0.29, 0.717) is 30.4 Å². The van der Waals surface area contributed by atoms with Crippen LogP contribution in [-0.2, 0) is 23.5 Å². The number of benzene rings is 1. The summed E-state index contributed by atoms with van der Waals surface area (Å²) >= 11 is 0. The molecule has 2 rings (SSSR count). The fourth-order valence-corrected chi connectivity index (χ4v) is 2.54. The van der Waals surface area contributed by atoms with Crippen molar-refractivity contribution in [3.8, 4) is 0 Å². The Labute approximate surface area is 167 Å². The minimum absolute atomic E-state index is 0.124. The lowest BCUT2D eigenvalue weighted by Crippen LogP contribution is -2.44. The Balaban J connectivity index is 1.94. The maximum absolute atomic E-state index is 12.2. The molecule has 0 aliphatic rings. The van der Waals surface area contributed by atoms with Crippen molar-refractivity contribution < 1.29 is 27.4 Å². The van der Waals surface area contributed by atoms with Gasteiger partial charge >= 0.3 is 6.18 Å². The minimum Gasteiger partial charge on any atom is -0.466 e. The Hall–Kier alpha value is -2.52. The first kappa shape index (κ1) is 22.8. The van der Waals surface area contributed by atoms with Gasteiger partial charge in [0.25, 0.3) is 0 Å². The summed E-state index contributed by atoms with van der Waals surface area (Å²) in [5, 5.41) is 16.7. The smallest absolute Gasteiger partial charge is 0.411 e. The van der Waals surface area contributed by atoms with Crippen LogP contribution < -0.4 is 10.6 Å². The molecule has 3 N–H and O–H groups in total. The SMILES string of the molecule is CCNC(=NCc1cccc(COCC(F)(F)F)c1)NCC(C)(O)c1ccco1. The normalized spacial score (nSPS) is 14.5. The number of hydrogen-bond acceptors (Lipinski definition) is 4. The summed E-state index contributed by atoms with van der Waals surface area (Å²) in [5.41, 5.74) is 0.254. The molecule has 0 amide bonds. The molecule has 1 aromatic carbocycles. The third kappa shape index (κ3) is 8.16. The van der Waals surface area contributed by atoms with Gasteiger partial charge in [-0.15, -0.1) is 0 Å². The molecule has 9 heteroatoms. The number of halogens is 3. The van der Waals surface area contributed by atoms with Crippen molar-refractivity contribution in [2.24, 2.45) is 4.99 Å². The van der Waals surface area contributed by atoms with Crippen LogP contribution in [0.2, 0.25) is 0 Å². The Morgan fingerprint density at radius 3 is 2.59 bits per heavy atom. The van der Waals surface area contributed by atoms with Gasteiger partial charge in [-0.05, 0) is 37.1 Å². The van der Waals surface area contributed by atoms with Crippen molar-refractivity contribution >= 4 is 5.96 Å². The molecule has 29 heavy (non-hydrogen) atoms. The van der Waals surface area contributed by atoms with Crippen LogP contribution in [0.25, 0.3) is 0 Å². The Morgan fingerprint density at radius 1 is 1.17 bits per heavy atom. The van der Waals surface area contributed by atoms with Crippen molar-refractivity contribution in [1.82, 2.24) is 10.6 Å². The summed E-state index contributed by atoms with van der Waals surface area (Å²) < 4.78 is 46.5. The second-order valence-electron chi connectivity index (χ2n) is 6.73. The van der Waals surface area contributed by atoms with Crippen molar-refractivity contribution in [3.63, 3.8) is 0 Å². The van der Waals surface area contributed by atoms with E-state index in [2.05, 4.69) is 15.6 Å². The highest BCUT2D eigenvalue weighted by molar-refractivity contribution is 5.79. The van der Waals surface area contributed by atoms with Gasteiger partial charge in [-0.25, -0.2) is 4.99 Å². The van der Waals surface area contributed by atoms with E-state index in [-0.39, 0.29) is 13.2 Å². The van der Waals surface area contributed by atoms with E-state index in [4.69, 9.17) is 9.15 Å². The maximum Gasteiger partial charge on any atom is 0.411 e. The van der Waals surface area contributed by atoms with E-state index in [1.54, 1.807) is 37.3 Å². The fraction of sp³-hybridized carbons (Fsp3) is 0.450. The van der Waals surface area contributed by atoms with E-state index in [0.717, 1.165) is 5.56 Å². The van der Waals surface area contributed by atoms with Crippen LogP contribution in [0.1, 0.15) is 30.7 Å². The fourth-order valence-electron chi connectivity index (χ4n) is 2.54. The van der Waals surface area contributed by atoms with E-state index in [9.17, 15) is 18.3 Å². The molecule has 0 radical (unpaired) electrons. The molecule has 0 saturated carbocycles. The number of furan rings is 1. The van der Waals surface area contributed by atoms with E-state index < -0.39 is 18.4 Å². The Morgan fingerprint density at radius 2 is 1.93 bits per heavy atom. The zero-order valence-electron chi connectivity index (χ0n) is 16.4. The van der Waals surface area contributed by atoms with Gasteiger partial charge < -0.3 is 24.9 Å². The average Bonchev–Trinajstić information content (AvgIpc) is 3.19. The van der Waals surface area contributed by atoms with E-state index >= 15 is 0 Å². The molecule has 160 valence electrons. The molecule has 0 aliphatic carbocycles. The third-order valence-corrected chi connectivity index (χ3v) is 3.94. The van der Waals surface area contributed by atoms with E-state index in [1.807, 2.05) is 13.0 Å². The molecule has 1 atom stereocenters. The van der Waals surface area contributed by atoms with Crippen LogP contribution >= 0.6 is 0 Å². The van der Waals surface area contributed by atoms with Gasteiger partial charge in [-0.3, -0.25) is 0 Å². The summed E-state index contributed by atoms with van der Waals surface area (Å²) in [6.45, 7) is 3.26. The molecule has 0 bridgehead atoms. The number of nitrogens with one attached hydrogen (secondary N) is 2. The van der Waals surface area contributed by atoms with Crippen LogP contribution in [0, 0.1) is 0 Å². The van der Waals surface area contributed by atoms with Crippen molar-refractivity contribution in [2.75, 3.05) is 19.7 Å². The van der Waals surface area contributed by atoms with Gasteiger partial charge in [0.1, 0.15) is 18.0 Å². The highest BCUT2D eigenvalue weighted by Crippen LogP contribution is 2.20. The molecule has 6 nitrogen and oxygen atoms in total. The van der Waals surface area contributed by atoms with Gasteiger partial charge in [-0.1, -0.05) is 24.3 Å². The average molecular weight is 413 g/mol. The summed E-state index contributed by atoms with van der Waals surface area (Å²) in [7, 11) is 0. The van der Waals surface area contributed by atoms with Gasteiger partial charge in [-0.2, -0.15) is 13.2 Å². The summed E-state index contributed by atoms with van der Waals surface area (Å²) in [6, 6.07) is 10.4. The first-order valence-electron chi connectivity index (χ1n) is 9.20. The van der Waals surface area contributed by atoms with Crippen LogP contribution in [0.4, 0.5) is 13.2 Å². The lowest BCUT2D eigenvalue weighted by atomic mass is 10.0. The number of alkyl halides is 3. The topological polar surface area (TPSA) is 79.0 Å². The monoisotopic (exact) mass is 413 g/mol. The number of ether oxygens (including phenoxy) is 1. The molecule has 1 unspecified atom stereocenters. The lowest BCUT2D eigenvalue weighted by molar-refractivity contribution is -0.176. The van der Waals surface area contributed by atoms with Gasteiger partial charge in [0.15, 0.2) is 5.96 Å². The molecule has 1 heterocycles. The van der Waals surface area contributed by atoms with Crippen molar-refractivity contribution in [3.05, 3.63) is 59.5 Å². The first-order chi connectivity index (χ1) is 13.7. The standard InChI is InChI=1S/C20H26F3N3O3/c1-3-24-18(26-13-19(2,27)17-8-5-9-29-17)25-11-15-6-4-7-16(10-15)12-28-14-20(21,22)23/h4-10,27H,3,11-14H2,1-2H3,(H2,24,25,26). The number of nitrogens with zero attached hydrogens (tertiary/aromatic N) is 1. The summed E-state index contributed by atoms with van der Waals surface area (Å²) in [6.07, 6.45) is -2.85. The lowest BCUT2D eigenvalue weighted by Gasteiger charge is -2.22. The van der Waals surface area contributed by atoms with Crippen LogP contribution in [0.3, 0.4) is 0 Å². The highest BCUT2D eigenvalue weighted by atomic mass is 19.4. The Kier molecular flexibility index (Phi) is 8.10. The second kappa shape index (κ2) is 10.3. The molecular formula is C20H26F3N3O3. The summed E-state index contributed by atoms with van der Waals surface area (Å²) in [5.74, 6) is 0.936. The molecule has 0 aliphatic heterocycles. The van der Waals surface area contributed by atoms with Gasteiger partial charge in [0.05, 0.1) is 26.0 Å². The largest absolute Gasteiger partial charge is 0.466 e. The van der Waals surface area contributed by atoms with Crippen LogP contribution in [-0.4, -0.2) is 36.9 Å². The second-order valence-corrected chi connectivity index (χ2v) is 6.73. The quantitative estimate of drug-likeness (QED) is 0.434. The van der Waals surface area contributed by atoms with E-state index in [1.165, 1.54) is 6.26 Å². The number of aliphatic imine (C=N–C) groups is 1. The number of rotatable bonds is 9.